The van der Waals surface area contributed by atoms with Gasteiger partial charge in [-0.3, -0.25) is 5.10 Å². The Balaban J connectivity index is 0.000000720. The van der Waals surface area contributed by atoms with Crippen LogP contribution in [0.3, 0.4) is 0 Å². The van der Waals surface area contributed by atoms with E-state index in [-0.39, 0.29) is 53.8 Å². The Morgan fingerprint density at radius 1 is 1.46 bits per heavy atom. The van der Waals surface area contributed by atoms with Crippen LogP contribution in [0.1, 0.15) is 5.56 Å². The summed E-state index contributed by atoms with van der Waals surface area (Å²) in [5.74, 6) is 0. The summed E-state index contributed by atoms with van der Waals surface area (Å²) in [5, 5.41) is 4.94. The molecule has 2 heterocycles. The van der Waals surface area contributed by atoms with Crippen LogP contribution in [-0.2, 0) is 60.8 Å². The van der Waals surface area contributed by atoms with Crippen molar-refractivity contribution in [3.8, 4) is 0 Å². The van der Waals surface area contributed by atoms with Crippen LogP contribution in [0.15, 0.2) is 6.07 Å². The number of fused-ring (bicyclic) bond motifs is 1. The maximum absolute atomic E-state index is 4.05. The minimum absolute atomic E-state index is 0. The van der Waals surface area contributed by atoms with Crippen LogP contribution in [0.2, 0.25) is 0 Å². The fourth-order valence-electron chi connectivity index (χ4n) is 1.04. The fraction of sp³-hybridized carbons (Fsp3) is 0.250. The van der Waals surface area contributed by atoms with Gasteiger partial charge in [-0.25, -0.2) is 0 Å². The van der Waals surface area contributed by atoms with Crippen LogP contribution in [-0.4, -0.2) is 14.8 Å². The average molecular weight is 418 g/mol. The molecule has 65 valence electrons. The number of pyridine rings is 1. The Kier molecular flexibility index (Phi) is 5.50. The summed E-state index contributed by atoms with van der Waals surface area (Å²) in [6, 6.07) is 1.83. The molecule has 3 nitrogen and oxygen atoms in total. The second-order valence-electron chi connectivity index (χ2n) is 2.50. The Morgan fingerprint density at radius 2 is 2.15 bits per heavy atom. The molecule has 0 saturated heterocycles. The van der Waals surface area contributed by atoms with Crippen molar-refractivity contribution in [2.24, 2.45) is 7.05 Å². The third-order valence-corrected chi connectivity index (χ3v) is 1.69. The SMILES string of the molecule is Cc1c[c-]nc2c1[c-]nn2C.[W].[Y]. The Bertz CT molecular complexity index is 399. The smallest absolute Gasteiger partial charge is 0.0307 e. The van der Waals surface area contributed by atoms with Gasteiger partial charge in [0, 0.05) is 66.5 Å². The summed E-state index contributed by atoms with van der Waals surface area (Å²) in [7, 11) is 1.85. The molecule has 0 fully saturated rings. The molecule has 0 atom stereocenters. The van der Waals surface area contributed by atoms with Gasteiger partial charge < -0.3 is 9.67 Å². The molecule has 0 saturated carbocycles. The van der Waals surface area contributed by atoms with E-state index in [1.807, 2.05) is 20.0 Å². The van der Waals surface area contributed by atoms with Crippen LogP contribution in [0.5, 0.6) is 0 Å². The standard InChI is InChI=1S/C8H7N3.W.Y/c1-6-3-4-9-8-7(6)5-10-11(8)2;;/h3H,1-2H3;;/q-2;;. The molecule has 0 bridgehead atoms. The second kappa shape index (κ2) is 5.33. The van der Waals surface area contributed by atoms with Gasteiger partial charge in [-0.1, -0.05) is 13.1 Å². The number of hydrogen-bond donors (Lipinski definition) is 0. The summed E-state index contributed by atoms with van der Waals surface area (Å²) in [6.45, 7) is 2.00. The fourth-order valence-corrected chi connectivity index (χ4v) is 1.04. The van der Waals surface area contributed by atoms with Gasteiger partial charge in [0.25, 0.3) is 0 Å². The van der Waals surface area contributed by atoms with Crippen LogP contribution in [0.4, 0.5) is 0 Å². The molecule has 0 spiro atoms. The minimum Gasteiger partial charge on any atom is -0.370 e. The Morgan fingerprint density at radius 3 is 2.77 bits per heavy atom. The number of rotatable bonds is 0. The van der Waals surface area contributed by atoms with Gasteiger partial charge >= 0.3 is 0 Å². The molecule has 1 radical (unpaired) electrons. The van der Waals surface area contributed by atoms with Gasteiger partial charge in [0.1, 0.15) is 0 Å². The van der Waals surface area contributed by atoms with E-state index in [4.69, 9.17) is 0 Å². The quantitative estimate of drug-likeness (QED) is 0.596. The van der Waals surface area contributed by atoms with Crippen LogP contribution in [0.25, 0.3) is 11.0 Å². The molecule has 2 rings (SSSR count). The summed E-state index contributed by atoms with van der Waals surface area (Å²) in [4.78, 5) is 4.05. The molecule has 0 aliphatic rings. The summed E-state index contributed by atoms with van der Waals surface area (Å²) in [5.41, 5.74) is 1.95. The average Bonchev–Trinajstić information content (AvgIpc) is 2.35. The maximum Gasteiger partial charge on any atom is 0.0307 e. The molecule has 0 N–H and O–H groups in total. The normalized spacial score (nSPS) is 9.08. The first-order chi connectivity index (χ1) is 5.29. The zero-order chi connectivity index (χ0) is 7.84. The molecule has 2 aromatic heterocycles. The van der Waals surface area contributed by atoms with Crippen molar-refractivity contribution in [1.29, 1.82) is 0 Å². The van der Waals surface area contributed by atoms with Crippen LogP contribution >= 0.6 is 0 Å². The van der Waals surface area contributed by atoms with Crippen molar-refractivity contribution < 1.29 is 53.8 Å². The van der Waals surface area contributed by atoms with Gasteiger partial charge in [0.05, 0.1) is 0 Å². The molecule has 0 aliphatic carbocycles. The van der Waals surface area contributed by atoms with E-state index in [1.54, 1.807) is 4.68 Å². The molecular formula is C8H7N3WY-2. The van der Waals surface area contributed by atoms with E-state index in [9.17, 15) is 0 Å². The first-order valence-corrected chi connectivity index (χ1v) is 3.37. The monoisotopic (exact) mass is 418 g/mol. The summed E-state index contributed by atoms with van der Waals surface area (Å²) >= 11 is 0. The number of hydrogen-bond acceptors (Lipinski definition) is 2. The van der Waals surface area contributed by atoms with E-state index in [2.05, 4.69) is 22.5 Å². The number of nitrogens with zero attached hydrogens (tertiary/aromatic N) is 3. The van der Waals surface area contributed by atoms with E-state index >= 15 is 0 Å². The third-order valence-electron chi connectivity index (χ3n) is 1.69. The van der Waals surface area contributed by atoms with Crippen LogP contribution in [0, 0.1) is 19.3 Å². The van der Waals surface area contributed by atoms with E-state index in [0.717, 1.165) is 16.6 Å². The zero-order valence-corrected chi connectivity index (χ0v) is 13.2. The number of aromatic nitrogens is 3. The summed E-state index contributed by atoms with van der Waals surface area (Å²) in [6.07, 6.45) is 5.69. The zero-order valence-electron chi connectivity index (χ0n) is 7.40. The van der Waals surface area contributed by atoms with Crippen molar-refractivity contribution >= 4 is 11.0 Å². The largest absolute Gasteiger partial charge is 0.370 e. The molecular weight excluding hydrogens is 411 g/mol. The van der Waals surface area contributed by atoms with Crippen molar-refractivity contribution in [3.05, 3.63) is 24.0 Å². The Hall–Kier alpha value is 0.412. The van der Waals surface area contributed by atoms with E-state index in [0.29, 0.717) is 0 Å². The van der Waals surface area contributed by atoms with Gasteiger partial charge in [-0.2, -0.15) is 11.6 Å². The molecule has 0 aliphatic heterocycles. The van der Waals surface area contributed by atoms with Gasteiger partial charge in [0.15, 0.2) is 0 Å². The van der Waals surface area contributed by atoms with Gasteiger partial charge in [-0.15, -0.1) is 5.39 Å². The predicted molar refractivity (Wildman–Crippen MR) is 40.9 cm³/mol. The van der Waals surface area contributed by atoms with Crippen molar-refractivity contribution in [2.75, 3.05) is 0 Å². The summed E-state index contributed by atoms with van der Waals surface area (Å²) < 4.78 is 1.69. The molecule has 0 unspecified atom stereocenters. The molecule has 2 aromatic rings. The Labute approximate surface area is 116 Å². The maximum atomic E-state index is 4.05. The third kappa shape index (κ3) is 2.45. The minimum atomic E-state index is 0. The predicted octanol–water partition coefficient (Wildman–Crippen LogP) is 0.872. The van der Waals surface area contributed by atoms with E-state index < -0.39 is 0 Å². The van der Waals surface area contributed by atoms with Crippen molar-refractivity contribution in [3.63, 3.8) is 0 Å². The molecule has 0 amide bonds. The molecule has 13 heavy (non-hydrogen) atoms. The first-order valence-electron chi connectivity index (χ1n) is 3.37. The molecule has 5 heteroatoms. The van der Waals surface area contributed by atoms with Gasteiger partial charge in [-0.05, 0) is 6.20 Å². The molecule has 0 aromatic carbocycles. The van der Waals surface area contributed by atoms with Crippen molar-refractivity contribution in [2.45, 2.75) is 6.92 Å². The number of aryl methyl sites for hydroxylation is 2. The second-order valence-corrected chi connectivity index (χ2v) is 2.50. The van der Waals surface area contributed by atoms with Crippen molar-refractivity contribution in [1.82, 2.24) is 14.8 Å². The van der Waals surface area contributed by atoms with Crippen LogP contribution < -0.4 is 0 Å². The van der Waals surface area contributed by atoms with Gasteiger partial charge in [0.2, 0.25) is 0 Å². The topological polar surface area (TPSA) is 30.7 Å². The first kappa shape index (κ1) is 13.4. The van der Waals surface area contributed by atoms with E-state index in [1.165, 1.54) is 0 Å².